The third-order valence-corrected chi connectivity index (χ3v) is 3.49. The number of unbranched alkanes of at least 4 members (excludes halogenated alkanes) is 12. The van der Waals surface area contributed by atoms with Crippen LogP contribution in [0.4, 0.5) is 0 Å². The van der Waals surface area contributed by atoms with Crippen molar-refractivity contribution in [3.05, 3.63) is 0 Å². The van der Waals surface area contributed by atoms with E-state index in [1.165, 1.54) is 70.6 Å². The van der Waals surface area contributed by atoms with Gasteiger partial charge in [0, 0.05) is 6.42 Å². The summed E-state index contributed by atoms with van der Waals surface area (Å²) < 4.78 is 0. The van der Waals surface area contributed by atoms with Gasteiger partial charge in [0.2, 0.25) is 0 Å². The van der Waals surface area contributed by atoms with E-state index < -0.39 is 5.97 Å². The van der Waals surface area contributed by atoms with E-state index in [-0.39, 0.29) is 115 Å². The minimum atomic E-state index is -0.655. The van der Waals surface area contributed by atoms with E-state index in [9.17, 15) is 4.79 Å². The average Bonchev–Trinajstić information content (AvgIpc) is 2.34. The number of aliphatic carboxylic acids is 1. The topological polar surface area (TPSA) is 37.3 Å². The maximum atomic E-state index is 10.3. The molecule has 5 heteroatoms. The second-order valence-electron chi connectivity index (χ2n) is 5.39. The van der Waals surface area contributed by atoms with Crippen molar-refractivity contribution in [3.8, 4) is 0 Å². The van der Waals surface area contributed by atoms with Gasteiger partial charge < -0.3 is 9.39 Å². The van der Waals surface area contributed by atoms with E-state index in [2.05, 4.69) is 6.92 Å². The third kappa shape index (κ3) is 31.4. The Labute approximate surface area is 223 Å². The monoisotopic (exact) mass is 344 g/mol. The Morgan fingerprint density at radius 2 is 1.00 bits per heavy atom. The van der Waals surface area contributed by atoms with Gasteiger partial charge in [0.15, 0.2) is 0 Å². The Morgan fingerprint density at radius 1 is 0.714 bits per heavy atom. The summed E-state index contributed by atoms with van der Waals surface area (Å²) in [6, 6.07) is 0. The third-order valence-electron chi connectivity index (χ3n) is 3.49. The van der Waals surface area contributed by atoms with Crippen molar-refractivity contribution in [2.45, 2.75) is 96.8 Å². The zero-order valence-electron chi connectivity index (χ0n) is 18.3. The summed E-state index contributed by atoms with van der Waals surface area (Å²) in [6.07, 6.45) is 17.3. The second-order valence-corrected chi connectivity index (χ2v) is 5.39. The van der Waals surface area contributed by atoms with Crippen LogP contribution in [-0.2, 0) is 4.79 Å². The van der Waals surface area contributed by atoms with Crippen LogP contribution in [0, 0.1) is 0 Å². The van der Waals surface area contributed by atoms with Crippen LogP contribution in [0.15, 0.2) is 0 Å². The second kappa shape index (κ2) is 27.9. The van der Waals surface area contributed by atoms with Crippen molar-refractivity contribution in [3.63, 3.8) is 0 Å². The van der Waals surface area contributed by atoms with Gasteiger partial charge in [-0.1, -0.05) is 84.0 Å². The molecule has 0 atom stereocenters. The van der Waals surface area contributed by atoms with Gasteiger partial charge in [-0.2, -0.15) is 0 Å². The Kier molecular flexibility index (Phi) is 42.3. The van der Waals surface area contributed by atoms with Gasteiger partial charge in [-0.3, -0.25) is 4.79 Å². The number of hydrogen-bond acceptors (Lipinski definition) is 1. The summed E-state index contributed by atoms with van der Waals surface area (Å²) in [5.41, 5.74) is 0. The van der Waals surface area contributed by atoms with E-state index in [1.807, 2.05) is 0 Å². The fourth-order valence-corrected chi connectivity index (χ4v) is 2.29. The molecule has 0 amide bonds. The predicted molar refractivity (Wildman–Crippen MR) is 81.3 cm³/mol. The molecule has 0 spiro atoms. The molecule has 0 aliphatic rings. The standard InChI is InChI=1S/C16H32O2.K.2Na.3H/c1-2-3-4-5-6-7-8-9-10-11-12-13-14-15-16(17)18;;;;;;/h2-15H2,1H3,(H,17,18);;;;;;/q;3*+1;3*-1. The molecule has 0 bridgehead atoms. The summed E-state index contributed by atoms with van der Waals surface area (Å²) in [6.45, 7) is 2.26. The Bertz CT molecular complexity index is 206. The minimum absolute atomic E-state index is 0. The molecular weight excluding hydrogens is 309 g/mol. The molecule has 0 rings (SSSR count). The summed E-state index contributed by atoms with van der Waals surface area (Å²) in [4.78, 5) is 10.3. The van der Waals surface area contributed by atoms with E-state index in [4.69, 9.17) is 5.11 Å². The first-order chi connectivity index (χ1) is 8.77. The Balaban J connectivity index is -0.0000000963. The van der Waals surface area contributed by atoms with Crippen LogP contribution >= 0.6 is 0 Å². The zero-order valence-corrected chi connectivity index (χ0v) is 22.4. The molecule has 0 fully saturated rings. The number of hydrogen-bond donors (Lipinski definition) is 1. The van der Waals surface area contributed by atoms with Gasteiger partial charge in [-0.15, -0.1) is 0 Å². The summed E-state index contributed by atoms with van der Waals surface area (Å²) in [7, 11) is 0. The maximum Gasteiger partial charge on any atom is 1.00 e. The van der Waals surface area contributed by atoms with Crippen molar-refractivity contribution in [1.82, 2.24) is 0 Å². The van der Waals surface area contributed by atoms with Gasteiger partial charge in [0.1, 0.15) is 0 Å². The first kappa shape index (κ1) is 31.8. The largest absolute Gasteiger partial charge is 1.00 e. The fraction of sp³-hybridized carbons (Fsp3) is 0.938. The Hall–Kier alpha value is 3.11. The van der Waals surface area contributed by atoms with Crippen LogP contribution in [0.2, 0.25) is 0 Å². The SMILES string of the molecule is CCCCCCCCCCCCCCCC(=O)O.[H-].[H-].[H-].[K+].[Na+].[Na+]. The molecule has 0 aromatic heterocycles. The number of carbonyl (C=O) groups is 1. The van der Waals surface area contributed by atoms with Crippen LogP contribution in [-0.4, -0.2) is 11.1 Å². The van der Waals surface area contributed by atoms with Gasteiger partial charge in [0.05, 0.1) is 0 Å². The van der Waals surface area contributed by atoms with Crippen molar-refractivity contribution >= 4 is 5.97 Å². The normalized spacial score (nSPS) is 9.19. The van der Waals surface area contributed by atoms with E-state index >= 15 is 0 Å². The molecule has 2 nitrogen and oxygen atoms in total. The molecule has 0 aromatic rings. The van der Waals surface area contributed by atoms with E-state index in [1.54, 1.807) is 0 Å². The van der Waals surface area contributed by atoms with Crippen molar-refractivity contribution < 1.29 is 125 Å². The molecule has 0 saturated heterocycles. The molecule has 0 heterocycles. The fourth-order valence-electron chi connectivity index (χ4n) is 2.29. The van der Waals surface area contributed by atoms with Gasteiger partial charge >= 0.3 is 116 Å². The maximum absolute atomic E-state index is 10.3. The van der Waals surface area contributed by atoms with Crippen molar-refractivity contribution in [2.75, 3.05) is 0 Å². The van der Waals surface area contributed by atoms with Gasteiger partial charge in [-0.25, -0.2) is 0 Å². The predicted octanol–water partition coefficient (Wildman–Crippen LogP) is -3.10. The van der Waals surface area contributed by atoms with Crippen LogP contribution < -0.4 is 110 Å². The Morgan fingerprint density at radius 3 is 1.29 bits per heavy atom. The first-order valence-electron chi connectivity index (χ1n) is 7.99. The summed E-state index contributed by atoms with van der Waals surface area (Å²) in [5, 5.41) is 8.49. The quantitative estimate of drug-likeness (QED) is 0.268. The van der Waals surface area contributed by atoms with Crippen LogP contribution in [0.5, 0.6) is 0 Å². The molecule has 1 N–H and O–H groups in total. The molecule has 0 aliphatic carbocycles. The molecule has 0 aromatic carbocycles. The van der Waals surface area contributed by atoms with E-state index in [0.29, 0.717) is 6.42 Å². The molecule has 0 radical (unpaired) electrons. The van der Waals surface area contributed by atoms with Crippen molar-refractivity contribution in [2.24, 2.45) is 0 Å². The molecule has 0 unspecified atom stereocenters. The summed E-state index contributed by atoms with van der Waals surface area (Å²) in [5.74, 6) is -0.655. The average molecular weight is 345 g/mol. The van der Waals surface area contributed by atoms with Gasteiger partial charge in [0.25, 0.3) is 0 Å². The minimum Gasteiger partial charge on any atom is -1.00 e. The molecule has 114 valence electrons. The van der Waals surface area contributed by atoms with Crippen LogP contribution in [0.1, 0.15) is 101 Å². The first-order valence-corrected chi connectivity index (χ1v) is 7.99. The van der Waals surface area contributed by atoms with Crippen LogP contribution in [0.3, 0.4) is 0 Å². The number of carboxylic acids is 1. The molecule has 21 heavy (non-hydrogen) atoms. The smallest absolute Gasteiger partial charge is 1.00 e. The molecular formula is C16H35KNa2O2. The van der Waals surface area contributed by atoms with E-state index in [0.717, 1.165) is 12.8 Å². The summed E-state index contributed by atoms with van der Waals surface area (Å²) >= 11 is 0. The van der Waals surface area contributed by atoms with Crippen LogP contribution in [0.25, 0.3) is 0 Å². The number of carboxylic acid groups (broad SMARTS) is 1. The molecule has 0 aliphatic heterocycles. The van der Waals surface area contributed by atoms with Gasteiger partial charge in [-0.05, 0) is 6.42 Å². The number of rotatable bonds is 14. The zero-order chi connectivity index (χ0) is 13.5. The molecule has 0 saturated carbocycles. The van der Waals surface area contributed by atoms with Crippen molar-refractivity contribution in [1.29, 1.82) is 0 Å².